The van der Waals surface area contributed by atoms with Crippen molar-refractivity contribution in [1.29, 1.82) is 0 Å². The molecule has 3 heteroatoms. The highest BCUT2D eigenvalue weighted by Crippen LogP contribution is 2.53. The van der Waals surface area contributed by atoms with Gasteiger partial charge in [0, 0.05) is 24.5 Å². The molecule has 0 unspecified atom stereocenters. The standard InChI is InChI=1S/C21H36N2O/c1-22(2)21(18-8-3-4-9-18)12-10-20(11-13-21)14-15-23(16-20)19(24)17-6-5-7-17/h17-18H,3-16H2,1-2H3. The second-order valence-electron chi connectivity index (χ2n) is 9.62. The summed E-state index contributed by atoms with van der Waals surface area (Å²) in [5, 5.41) is 0. The molecule has 4 fully saturated rings. The average Bonchev–Trinajstić information content (AvgIpc) is 3.17. The van der Waals surface area contributed by atoms with Crippen molar-refractivity contribution in [2.45, 2.75) is 82.6 Å². The Hall–Kier alpha value is -0.570. The summed E-state index contributed by atoms with van der Waals surface area (Å²) in [5.74, 6) is 1.78. The minimum Gasteiger partial charge on any atom is -0.342 e. The Morgan fingerprint density at radius 3 is 2.12 bits per heavy atom. The summed E-state index contributed by atoms with van der Waals surface area (Å²) < 4.78 is 0. The van der Waals surface area contributed by atoms with Crippen LogP contribution in [0.4, 0.5) is 0 Å². The predicted octanol–water partition coefficient (Wildman–Crippen LogP) is 4.07. The molecular formula is C21H36N2O. The van der Waals surface area contributed by atoms with Gasteiger partial charge in [0.25, 0.3) is 0 Å². The summed E-state index contributed by atoms with van der Waals surface area (Å²) in [7, 11) is 4.63. The van der Waals surface area contributed by atoms with Gasteiger partial charge in [-0.2, -0.15) is 0 Å². The van der Waals surface area contributed by atoms with Crippen molar-refractivity contribution in [3.63, 3.8) is 0 Å². The third-order valence-electron chi connectivity index (χ3n) is 8.39. The molecule has 0 atom stereocenters. The minimum absolute atomic E-state index is 0.378. The Morgan fingerprint density at radius 2 is 1.58 bits per heavy atom. The fraction of sp³-hybridized carbons (Fsp3) is 0.952. The lowest BCUT2D eigenvalue weighted by Crippen LogP contribution is -2.54. The molecule has 24 heavy (non-hydrogen) atoms. The molecule has 0 aromatic carbocycles. The highest BCUT2D eigenvalue weighted by molar-refractivity contribution is 5.80. The van der Waals surface area contributed by atoms with E-state index in [-0.39, 0.29) is 0 Å². The van der Waals surface area contributed by atoms with E-state index in [1.807, 2.05) is 0 Å². The third-order valence-corrected chi connectivity index (χ3v) is 8.39. The van der Waals surface area contributed by atoms with Gasteiger partial charge in [-0.1, -0.05) is 19.3 Å². The highest BCUT2D eigenvalue weighted by Gasteiger charge is 2.51. The molecule has 1 saturated heterocycles. The summed E-state index contributed by atoms with van der Waals surface area (Å²) in [5.41, 5.74) is 0.907. The van der Waals surface area contributed by atoms with E-state index in [4.69, 9.17) is 0 Å². The predicted molar refractivity (Wildman–Crippen MR) is 97.8 cm³/mol. The van der Waals surface area contributed by atoms with Gasteiger partial charge in [-0.3, -0.25) is 4.79 Å². The van der Waals surface area contributed by atoms with Gasteiger partial charge in [0.2, 0.25) is 5.91 Å². The summed E-state index contributed by atoms with van der Waals surface area (Å²) in [6, 6.07) is 0. The molecule has 0 N–H and O–H groups in total. The average molecular weight is 333 g/mol. The zero-order chi connectivity index (χ0) is 16.8. The minimum atomic E-state index is 0.378. The van der Waals surface area contributed by atoms with Crippen LogP contribution in [0.2, 0.25) is 0 Å². The molecule has 3 aliphatic carbocycles. The van der Waals surface area contributed by atoms with Crippen LogP contribution >= 0.6 is 0 Å². The first-order valence-electron chi connectivity index (χ1n) is 10.5. The number of nitrogens with zero attached hydrogens (tertiary/aromatic N) is 2. The quantitative estimate of drug-likeness (QED) is 0.778. The number of likely N-dealkylation sites (tertiary alicyclic amines) is 1. The monoisotopic (exact) mass is 332 g/mol. The second-order valence-corrected chi connectivity index (χ2v) is 9.62. The highest BCUT2D eigenvalue weighted by atomic mass is 16.2. The molecule has 0 bridgehead atoms. The summed E-state index contributed by atoms with van der Waals surface area (Å²) in [6.45, 7) is 2.10. The lowest BCUT2D eigenvalue weighted by molar-refractivity contribution is -0.137. The molecule has 0 radical (unpaired) electrons. The molecule has 3 saturated carbocycles. The summed E-state index contributed by atoms with van der Waals surface area (Å²) in [4.78, 5) is 17.4. The van der Waals surface area contributed by atoms with Crippen LogP contribution < -0.4 is 0 Å². The SMILES string of the molecule is CN(C)C1(C2CCCC2)CCC2(CCN(C(=O)C3CCC3)C2)CC1. The smallest absolute Gasteiger partial charge is 0.225 e. The molecule has 0 aromatic rings. The van der Waals surface area contributed by atoms with Crippen molar-refractivity contribution in [3.8, 4) is 0 Å². The molecule has 4 aliphatic rings. The lowest BCUT2D eigenvalue weighted by atomic mass is 9.62. The molecule has 0 aromatic heterocycles. The Balaban J connectivity index is 1.40. The van der Waals surface area contributed by atoms with Crippen LogP contribution in [-0.2, 0) is 4.79 Å². The Bertz CT molecular complexity index is 468. The topological polar surface area (TPSA) is 23.6 Å². The molecule has 1 aliphatic heterocycles. The van der Waals surface area contributed by atoms with Crippen LogP contribution in [0.5, 0.6) is 0 Å². The van der Waals surface area contributed by atoms with Gasteiger partial charge in [0.05, 0.1) is 0 Å². The van der Waals surface area contributed by atoms with Crippen molar-refractivity contribution in [1.82, 2.24) is 9.80 Å². The number of hydrogen-bond acceptors (Lipinski definition) is 2. The molecular weight excluding hydrogens is 296 g/mol. The maximum Gasteiger partial charge on any atom is 0.225 e. The van der Waals surface area contributed by atoms with Gasteiger partial charge in [-0.05, 0) is 83.2 Å². The van der Waals surface area contributed by atoms with E-state index in [9.17, 15) is 4.79 Å². The fourth-order valence-electron chi connectivity index (χ4n) is 6.34. The van der Waals surface area contributed by atoms with E-state index in [0.717, 1.165) is 31.8 Å². The molecule has 1 amide bonds. The van der Waals surface area contributed by atoms with Crippen LogP contribution in [0.15, 0.2) is 0 Å². The fourth-order valence-corrected chi connectivity index (χ4v) is 6.34. The van der Waals surface area contributed by atoms with Crippen molar-refractivity contribution < 1.29 is 4.79 Å². The maximum atomic E-state index is 12.6. The molecule has 1 spiro atoms. The Morgan fingerprint density at radius 1 is 0.917 bits per heavy atom. The van der Waals surface area contributed by atoms with Crippen molar-refractivity contribution in [2.24, 2.45) is 17.3 Å². The zero-order valence-corrected chi connectivity index (χ0v) is 15.9. The van der Waals surface area contributed by atoms with Gasteiger partial charge in [-0.15, -0.1) is 0 Å². The van der Waals surface area contributed by atoms with E-state index >= 15 is 0 Å². The van der Waals surface area contributed by atoms with Gasteiger partial charge in [-0.25, -0.2) is 0 Å². The zero-order valence-electron chi connectivity index (χ0n) is 15.9. The van der Waals surface area contributed by atoms with E-state index in [1.165, 1.54) is 64.2 Å². The molecule has 4 rings (SSSR count). The van der Waals surface area contributed by atoms with Gasteiger partial charge in [0.15, 0.2) is 0 Å². The molecule has 1 heterocycles. The first-order chi connectivity index (χ1) is 11.5. The summed E-state index contributed by atoms with van der Waals surface area (Å²) >= 11 is 0. The van der Waals surface area contributed by atoms with E-state index in [1.54, 1.807) is 0 Å². The first kappa shape index (κ1) is 16.9. The maximum absolute atomic E-state index is 12.6. The van der Waals surface area contributed by atoms with Crippen molar-refractivity contribution in [2.75, 3.05) is 27.2 Å². The Labute approximate surface area is 148 Å². The van der Waals surface area contributed by atoms with E-state index in [0.29, 0.717) is 22.8 Å². The van der Waals surface area contributed by atoms with Crippen molar-refractivity contribution >= 4 is 5.91 Å². The summed E-state index contributed by atoms with van der Waals surface area (Å²) in [6.07, 6.45) is 16.0. The van der Waals surface area contributed by atoms with Gasteiger partial charge < -0.3 is 9.80 Å². The van der Waals surface area contributed by atoms with Crippen LogP contribution in [0.3, 0.4) is 0 Å². The molecule has 136 valence electrons. The molecule has 3 nitrogen and oxygen atoms in total. The van der Waals surface area contributed by atoms with Crippen LogP contribution in [-0.4, -0.2) is 48.4 Å². The number of amides is 1. The van der Waals surface area contributed by atoms with Gasteiger partial charge in [0.1, 0.15) is 0 Å². The van der Waals surface area contributed by atoms with Crippen LogP contribution in [0, 0.1) is 17.3 Å². The van der Waals surface area contributed by atoms with Crippen LogP contribution in [0.25, 0.3) is 0 Å². The van der Waals surface area contributed by atoms with Gasteiger partial charge >= 0.3 is 0 Å². The number of carbonyl (C=O) groups excluding carboxylic acids is 1. The van der Waals surface area contributed by atoms with E-state index < -0.39 is 0 Å². The number of carbonyl (C=O) groups is 1. The largest absolute Gasteiger partial charge is 0.342 e. The number of rotatable bonds is 3. The van der Waals surface area contributed by atoms with Crippen molar-refractivity contribution in [3.05, 3.63) is 0 Å². The van der Waals surface area contributed by atoms with Crippen LogP contribution in [0.1, 0.15) is 77.0 Å². The third kappa shape index (κ3) is 2.71. The van der Waals surface area contributed by atoms with E-state index in [2.05, 4.69) is 23.9 Å². The normalized spacial score (nSPS) is 38.2. The Kier molecular flexibility index (Phi) is 4.43. The second kappa shape index (κ2) is 6.30. The first-order valence-corrected chi connectivity index (χ1v) is 10.5. The number of hydrogen-bond donors (Lipinski definition) is 0. The lowest BCUT2D eigenvalue weighted by Gasteiger charge is -2.52.